The number of amides is 1. The fourth-order valence-corrected chi connectivity index (χ4v) is 3.01. The molecule has 22 heavy (non-hydrogen) atoms. The molecule has 0 bridgehead atoms. The number of benzene rings is 1. The highest BCUT2D eigenvalue weighted by Crippen LogP contribution is 2.22. The molecule has 1 aliphatic rings. The van der Waals surface area contributed by atoms with Gasteiger partial charge in [0, 0.05) is 25.4 Å². The summed E-state index contributed by atoms with van der Waals surface area (Å²) in [6, 6.07) is 6.50. The van der Waals surface area contributed by atoms with Gasteiger partial charge >= 0.3 is 5.97 Å². The lowest BCUT2D eigenvalue weighted by Gasteiger charge is -2.35. The van der Waals surface area contributed by atoms with Crippen LogP contribution in [0.3, 0.4) is 0 Å². The van der Waals surface area contributed by atoms with E-state index in [2.05, 4.69) is 0 Å². The lowest BCUT2D eigenvalue weighted by molar-refractivity contribution is -0.140. The van der Waals surface area contributed by atoms with Gasteiger partial charge in [-0.3, -0.25) is 9.59 Å². The smallest absolute Gasteiger partial charge is 0.303 e. The van der Waals surface area contributed by atoms with Gasteiger partial charge < -0.3 is 10.0 Å². The molecule has 0 saturated carbocycles. The van der Waals surface area contributed by atoms with E-state index in [1.807, 2.05) is 0 Å². The standard InChI is InChI=1S/C17H22FNO3/c18-15-7-2-1-5-13(15)8-10-16(20)19-12-4-3-6-14(19)9-11-17(21)22/h1-2,5,7,14H,3-4,6,8-12H2,(H,21,22)/t14-/m1/s1. The molecule has 1 N–H and O–H groups in total. The van der Waals surface area contributed by atoms with Crippen molar-refractivity contribution in [3.63, 3.8) is 0 Å². The Morgan fingerprint density at radius 2 is 2.00 bits per heavy atom. The van der Waals surface area contributed by atoms with Crippen LogP contribution in [0.1, 0.15) is 44.1 Å². The summed E-state index contributed by atoms with van der Waals surface area (Å²) in [5, 5.41) is 8.81. The van der Waals surface area contributed by atoms with E-state index in [0.29, 0.717) is 24.9 Å². The van der Waals surface area contributed by atoms with Gasteiger partial charge in [-0.2, -0.15) is 0 Å². The summed E-state index contributed by atoms with van der Waals surface area (Å²) in [5.74, 6) is -1.11. The lowest BCUT2D eigenvalue weighted by atomic mass is 9.97. The van der Waals surface area contributed by atoms with Crippen LogP contribution < -0.4 is 0 Å². The van der Waals surface area contributed by atoms with Crippen molar-refractivity contribution < 1.29 is 19.1 Å². The highest BCUT2D eigenvalue weighted by molar-refractivity contribution is 5.77. The molecule has 0 radical (unpaired) electrons. The lowest BCUT2D eigenvalue weighted by Crippen LogP contribution is -2.44. The van der Waals surface area contributed by atoms with Crippen LogP contribution in [-0.2, 0) is 16.0 Å². The van der Waals surface area contributed by atoms with Gasteiger partial charge in [-0.05, 0) is 43.7 Å². The van der Waals surface area contributed by atoms with Crippen LogP contribution in [0, 0.1) is 5.82 Å². The first kappa shape index (κ1) is 16.5. The largest absolute Gasteiger partial charge is 0.481 e. The first-order valence-corrected chi connectivity index (χ1v) is 7.82. The summed E-state index contributed by atoms with van der Waals surface area (Å²) in [7, 11) is 0. The zero-order valence-corrected chi connectivity index (χ0v) is 12.6. The second kappa shape index (κ2) is 7.92. The fourth-order valence-electron chi connectivity index (χ4n) is 3.01. The van der Waals surface area contributed by atoms with Gasteiger partial charge in [0.25, 0.3) is 0 Å². The third-order valence-corrected chi connectivity index (χ3v) is 4.20. The van der Waals surface area contributed by atoms with E-state index in [4.69, 9.17) is 5.11 Å². The van der Waals surface area contributed by atoms with Crippen molar-refractivity contribution in [3.05, 3.63) is 35.6 Å². The van der Waals surface area contributed by atoms with E-state index in [1.165, 1.54) is 6.07 Å². The average Bonchev–Trinajstić information content (AvgIpc) is 2.52. The number of nitrogens with zero attached hydrogens (tertiary/aromatic N) is 1. The molecular formula is C17H22FNO3. The molecule has 1 saturated heterocycles. The molecular weight excluding hydrogens is 285 g/mol. The third kappa shape index (κ3) is 4.55. The van der Waals surface area contributed by atoms with Crippen LogP contribution in [-0.4, -0.2) is 34.5 Å². The third-order valence-electron chi connectivity index (χ3n) is 4.20. The normalized spacial score (nSPS) is 18.2. The van der Waals surface area contributed by atoms with Gasteiger partial charge in [0.05, 0.1) is 0 Å². The zero-order chi connectivity index (χ0) is 15.9. The number of piperidine rings is 1. The summed E-state index contributed by atoms with van der Waals surface area (Å²) in [6.07, 6.45) is 4.08. The first-order valence-electron chi connectivity index (χ1n) is 7.82. The Bertz CT molecular complexity index is 532. The average molecular weight is 307 g/mol. The number of carboxylic acid groups (broad SMARTS) is 1. The number of halogens is 1. The Morgan fingerprint density at radius 1 is 1.23 bits per heavy atom. The van der Waals surface area contributed by atoms with Crippen molar-refractivity contribution in [3.8, 4) is 0 Å². The summed E-state index contributed by atoms with van der Waals surface area (Å²) in [5.41, 5.74) is 0.551. The number of aliphatic carboxylic acids is 1. The maximum atomic E-state index is 13.6. The maximum absolute atomic E-state index is 13.6. The molecule has 0 spiro atoms. The molecule has 0 aromatic heterocycles. The molecule has 1 fully saturated rings. The Balaban J connectivity index is 1.91. The molecule has 1 heterocycles. The minimum Gasteiger partial charge on any atom is -0.481 e. The minimum absolute atomic E-state index is 0.00154. The fraction of sp³-hybridized carbons (Fsp3) is 0.529. The van der Waals surface area contributed by atoms with E-state index in [-0.39, 0.29) is 30.6 Å². The van der Waals surface area contributed by atoms with Crippen LogP contribution >= 0.6 is 0 Å². The van der Waals surface area contributed by atoms with Crippen LogP contribution in [0.25, 0.3) is 0 Å². The Hall–Kier alpha value is -1.91. The van der Waals surface area contributed by atoms with E-state index in [9.17, 15) is 14.0 Å². The van der Waals surface area contributed by atoms with E-state index in [0.717, 1.165) is 19.3 Å². The van der Waals surface area contributed by atoms with E-state index in [1.54, 1.807) is 23.1 Å². The number of carbonyl (C=O) groups excluding carboxylic acids is 1. The van der Waals surface area contributed by atoms with Gasteiger partial charge in [-0.25, -0.2) is 4.39 Å². The molecule has 0 aliphatic carbocycles. The molecule has 1 aromatic carbocycles. The van der Waals surface area contributed by atoms with Crippen molar-refractivity contribution in [2.75, 3.05) is 6.54 Å². The molecule has 1 aliphatic heterocycles. The number of aryl methyl sites for hydroxylation is 1. The van der Waals surface area contributed by atoms with Crippen LogP contribution in [0.4, 0.5) is 4.39 Å². The van der Waals surface area contributed by atoms with Crippen molar-refractivity contribution in [2.24, 2.45) is 0 Å². The van der Waals surface area contributed by atoms with Crippen molar-refractivity contribution >= 4 is 11.9 Å². The number of hydrogen-bond donors (Lipinski definition) is 1. The van der Waals surface area contributed by atoms with Crippen LogP contribution in [0.15, 0.2) is 24.3 Å². The number of likely N-dealkylation sites (tertiary alicyclic amines) is 1. The molecule has 1 amide bonds. The summed E-state index contributed by atoms with van der Waals surface area (Å²) in [6.45, 7) is 0.681. The highest BCUT2D eigenvalue weighted by atomic mass is 19.1. The zero-order valence-electron chi connectivity index (χ0n) is 12.6. The molecule has 4 nitrogen and oxygen atoms in total. The monoisotopic (exact) mass is 307 g/mol. The number of carboxylic acids is 1. The summed E-state index contributed by atoms with van der Waals surface area (Å²) in [4.78, 5) is 24.9. The number of hydrogen-bond acceptors (Lipinski definition) is 2. The van der Waals surface area contributed by atoms with Gasteiger partial charge in [-0.1, -0.05) is 18.2 Å². The van der Waals surface area contributed by atoms with E-state index < -0.39 is 5.97 Å². The first-order chi connectivity index (χ1) is 10.6. The Morgan fingerprint density at radius 3 is 2.73 bits per heavy atom. The van der Waals surface area contributed by atoms with Gasteiger partial charge in [0.15, 0.2) is 0 Å². The summed E-state index contributed by atoms with van der Waals surface area (Å²) < 4.78 is 13.6. The topological polar surface area (TPSA) is 57.6 Å². The van der Waals surface area contributed by atoms with Gasteiger partial charge in [0.1, 0.15) is 5.82 Å². The Kier molecular flexibility index (Phi) is 5.92. The number of carbonyl (C=O) groups is 2. The number of rotatable bonds is 6. The summed E-state index contributed by atoms with van der Waals surface area (Å²) >= 11 is 0. The maximum Gasteiger partial charge on any atom is 0.303 e. The quantitative estimate of drug-likeness (QED) is 0.879. The van der Waals surface area contributed by atoms with Crippen LogP contribution in [0.5, 0.6) is 0 Å². The molecule has 120 valence electrons. The highest BCUT2D eigenvalue weighted by Gasteiger charge is 2.26. The van der Waals surface area contributed by atoms with Gasteiger partial charge in [0.2, 0.25) is 5.91 Å². The molecule has 2 rings (SSSR count). The van der Waals surface area contributed by atoms with Crippen LogP contribution in [0.2, 0.25) is 0 Å². The molecule has 0 unspecified atom stereocenters. The van der Waals surface area contributed by atoms with Crippen molar-refractivity contribution in [1.82, 2.24) is 4.90 Å². The second-order valence-corrected chi connectivity index (χ2v) is 5.76. The SMILES string of the molecule is O=C(O)CC[C@H]1CCCCN1C(=O)CCc1ccccc1F. The predicted molar refractivity (Wildman–Crippen MR) is 80.9 cm³/mol. The van der Waals surface area contributed by atoms with Crippen molar-refractivity contribution in [1.29, 1.82) is 0 Å². The van der Waals surface area contributed by atoms with Gasteiger partial charge in [-0.15, -0.1) is 0 Å². The Labute approximate surface area is 129 Å². The molecule has 5 heteroatoms. The molecule has 1 aromatic rings. The van der Waals surface area contributed by atoms with E-state index >= 15 is 0 Å². The predicted octanol–water partition coefficient (Wildman–Crippen LogP) is 3.00. The molecule has 1 atom stereocenters. The minimum atomic E-state index is -0.829. The van der Waals surface area contributed by atoms with Crippen molar-refractivity contribution in [2.45, 2.75) is 51.0 Å². The second-order valence-electron chi connectivity index (χ2n) is 5.76.